The van der Waals surface area contributed by atoms with Crippen LogP contribution in [0.1, 0.15) is 6.42 Å². The fourth-order valence-electron chi connectivity index (χ4n) is 1.77. The molecular weight excluding hydrogens is 304 g/mol. The van der Waals surface area contributed by atoms with Gasteiger partial charge in [0.2, 0.25) is 0 Å². The molecule has 100 valence electrons. The zero-order valence-electron chi connectivity index (χ0n) is 10.9. The summed E-state index contributed by atoms with van der Waals surface area (Å²) < 4.78 is 10.8. The van der Waals surface area contributed by atoms with Crippen LogP contribution in [0.4, 0.5) is 0 Å². The Morgan fingerprint density at radius 1 is 0.842 bits per heavy atom. The van der Waals surface area contributed by atoms with Crippen LogP contribution in [0.2, 0.25) is 0 Å². The predicted molar refractivity (Wildman–Crippen MR) is 82.3 cm³/mol. The molecule has 0 heterocycles. The average Bonchev–Trinajstić information content (AvgIpc) is 2.48. The Kier molecular flexibility index (Phi) is 5.28. The lowest BCUT2D eigenvalue weighted by molar-refractivity contribution is 0.319. The molecule has 0 N–H and O–H groups in total. The molecule has 0 radical (unpaired) electrons. The molecule has 0 amide bonds. The van der Waals surface area contributed by atoms with Crippen LogP contribution in [0.5, 0.6) is 11.5 Å². The van der Waals surface area contributed by atoms with Crippen LogP contribution in [0.15, 0.2) is 48.5 Å². The zero-order chi connectivity index (χ0) is 13.5. The van der Waals surface area contributed by atoms with E-state index in [2.05, 4.69) is 40.2 Å². The quantitative estimate of drug-likeness (QED) is 0.575. The van der Waals surface area contributed by atoms with Gasteiger partial charge in [0.15, 0.2) is 0 Å². The van der Waals surface area contributed by atoms with Crippen molar-refractivity contribution in [3.63, 3.8) is 0 Å². The number of hydrogen-bond acceptors (Lipinski definition) is 2. The summed E-state index contributed by atoms with van der Waals surface area (Å²) >= 11 is 3.39. The zero-order valence-corrected chi connectivity index (χ0v) is 12.5. The van der Waals surface area contributed by atoms with Gasteiger partial charge in [0.25, 0.3) is 0 Å². The van der Waals surface area contributed by atoms with Crippen LogP contribution in [0.25, 0.3) is 11.1 Å². The number of ether oxygens (including phenoxy) is 2. The maximum atomic E-state index is 5.62. The molecule has 0 bridgehead atoms. The molecule has 0 atom stereocenters. The second-order valence-corrected chi connectivity index (χ2v) is 4.94. The fourth-order valence-corrected chi connectivity index (χ4v) is 2.00. The minimum Gasteiger partial charge on any atom is -0.497 e. The third kappa shape index (κ3) is 4.00. The highest BCUT2D eigenvalue weighted by Crippen LogP contribution is 2.24. The van der Waals surface area contributed by atoms with Crippen molar-refractivity contribution in [2.75, 3.05) is 19.0 Å². The Labute approximate surface area is 122 Å². The van der Waals surface area contributed by atoms with Crippen molar-refractivity contribution in [2.24, 2.45) is 0 Å². The van der Waals surface area contributed by atoms with E-state index < -0.39 is 0 Å². The monoisotopic (exact) mass is 320 g/mol. The highest BCUT2D eigenvalue weighted by Gasteiger charge is 1.99. The van der Waals surface area contributed by atoms with Crippen LogP contribution >= 0.6 is 15.9 Å². The summed E-state index contributed by atoms with van der Waals surface area (Å²) in [4.78, 5) is 0. The van der Waals surface area contributed by atoms with Crippen LogP contribution in [-0.2, 0) is 0 Å². The molecule has 2 rings (SSSR count). The Hall–Kier alpha value is -1.48. The van der Waals surface area contributed by atoms with Crippen molar-refractivity contribution in [3.05, 3.63) is 48.5 Å². The summed E-state index contributed by atoms with van der Waals surface area (Å²) in [5.41, 5.74) is 2.35. The van der Waals surface area contributed by atoms with E-state index in [1.807, 2.05) is 24.3 Å². The standard InChI is InChI=1S/C16H17BrO2/c1-18-15-7-3-13(4-8-15)14-5-9-16(10-6-14)19-12-2-11-17/h3-10H,2,11-12H2,1H3. The van der Waals surface area contributed by atoms with Crippen LogP contribution < -0.4 is 9.47 Å². The van der Waals surface area contributed by atoms with Gasteiger partial charge < -0.3 is 9.47 Å². The van der Waals surface area contributed by atoms with E-state index in [4.69, 9.17) is 9.47 Å². The molecule has 0 aromatic heterocycles. The molecule has 19 heavy (non-hydrogen) atoms. The normalized spacial score (nSPS) is 10.2. The van der Waals surface area contributed by atoms with Gasteiger partial charge in [-0.3, -0.25) is 0 Å². The molecule has 2 aromatic rings. The molecule has 2 nitrogen and oxygen atoms in total. The van der Waals surface area contributed by atoms with Gasteiger partial charge in [-0.1, -0.05) is 40.2 Å². The highest BCUT2D eigenvalue weighted by atomic mass is 79.9. The number of methoxy groups -OCH3 is 1. The molecule has 0 saturated carbocycles. The third-order valence-electron chi connectivity index (χ3n) is 2.82. The Morgan fingerprint density at radius 2 is 1.37 bits per heavy atom. The first-order valence-corrected chi connectivity index (χ1v) is 7.39. The minimum absolute atomic E-state index is 0.743. The molecule has 0 spiro atoms. The van der Waals surface area contributed by atoms with E-state index in [0.29, 0.717) is 0 Å². The van der Waals surface area contributed by atoms with E-state index in [-0.39, 0.29) is 0 Å². The smallest absolute Gasteiger partial charge is 0.119 e. The van der Waals surface area contributed by atoms with Gasteiger partial charge in [0.05, 0.1) is 13.7 Å². The number of benzene rings is 2. The van der Waals surface area contributed by atoms with Crippen molar-refractivity contribution in [2.45, 2.75) is 6.42 Å². The molecule has 0 saturated heterocycles. The number of rotatable bonds is 6. The lowest BCUT2D eigenvalue weighted by atomic mass is 10.1. The van der Waals surface area contributed by atoms with Gasteiger partial charge in [-0.05, 0) is 41.8 Å². The van der Waals surface area contributed by atoms with E-state index in [9.17, 15) is 0 Å². The number of hydrogen-bond donors (Lipinski definition) is 0. The van der Waals surface area contributed by atoms with Gasteiger partial charge in [-0.2, -0.15) is 0 Å². The predicted octanol–water partition coefficient (Wildman–Crippen LogP) is 4.53. The molecule has 0 aliphatic heterocycles. The largest absolute Gasteiger partial charge is 0.497 e. The maximum absolute atomic E-state index is 5.62. The van der Waals surface area contributed by atoms with Crippen molar-refractivity contribution < 1.29 is 9.47 Å². The Bertz CT molecular complexity index is 491. The van der Waals surface area contributed by atoms with Crippen LogP contribution in [0, 0.1) is 0 Å². The van der Waals surface area contributed by atoms with Crippen molar-refractivity contribution in [1.82, 2.24) is 0 Å². The molecule has 0 unspecified atom stereocenters. The summed E-state index contributed by atoms with van der Waals surface area (Å²) in [5, 5.41) is 0.969. The first-order chi connectivity index (χ1) is 9.33. The molecule has 0 aliphatic carbocycles. The van der Waals surface area contributed by atoms with Crippen molar-refractivity contribution in [3.8, 4) is 22.6 Å². The molecule has 0 fully saturated rings. The van der Waals surface area contributed by atoms with Crippen molar-refractivity contribution in [1.29, 1.82) is 0 Å². The Balaban J connectivity index is 2.04. The van der Waals surface area contributed by atoms with Crippen LogP contribution in [-0.4, -0.2) is 19.0 Å². The third-order valence-corrected chi connectivity index (χ3v) is 3.39. The lowest BCUT2D eigenvalue weighted by Crippen LogP contribution is -1.97. The van der Waals surface area contributed by atoms with Gasteiger partial charge in [-0.25, -0.2) is 0 Å². The summed E-state index contributed by atoms with van der Waals surface area (Å²) in [6.07, 6.45) is 1.01. The first kappa shape index (κ1) is 13.9. The minimum atomic E-state index is 0.743. The summed E-state index contributed by atoms with van der Waals surface area (Å²) in [7, 11) is 1.67. The maximum Gasteiger partial charge on any atom is 0.119 e. The summed E-state index contributed by atoms with van der Waals surface area (Å²) in [5.74, 6) is 1.79. The van der Waals surface area contributed by atoms with E-state index in [1.54, 1.807) is 7.11 Å². The van der Waals surface area contributed by atoms with Gasteiger partial charge in [0, 0.05) is 5.33 Å². The highest BCUT2D eigenvalue weighted by molar-refractivity contribution is 9.09. The molecule has 0 aliphatic rings. The summed E-state index contributed by atoms with van der Waals surface area (Å²) in [6.45, 7) is 0.743. The van der Waals surface area contributed by atoms with E-state index in [1.165, 1.54) is 11.1 Å². The Morgan fingerprint density at radius 3 is 1.84 bits per heavy atom. The first-order valence-electron chi connectivity index (χ1n) is 6.27. The number of halogens is 1. The molecular formula is C16H17BrO2. The van der Waals surface area contributed by atoms with Crippen molar-refractivity contribution >= 4 is 15.9 Å². The van der Waals surface area contributed by atoms with Crippen LogP contribution in [0.3, 0.4) is 0 Å². The second-order valence-electron chi connectivity index (χ2n) is 4.14. The molecule has 3 heteroatoms. The van der Waals surface area contributed by atoms with Gasteiger partial charge in [0.1, 0.15) is 11.5 Å². The fraction of sp³-hybridized carbons (Fsp3) is 0.250. The lowest BCUT2D eigenvalue weighted by Gasteiger charge is -2.07. The summed E-state index contributed by atoms with van der Waals surface area (Å²) in [6, 6.07) is 16.2. The van der Waals surface area contributed by atoms with E-state index in [0.717, 1.165) is 29.9 Å². The second kappa shape index (κ2) is 7.19. The number of alkyl halides is 1. The average molecular weight is 321 g/mol. The SMILES string of the molecule is COc1ccc(-c2ccc(OCCCBr)cc2)cc1. The van der Waals surface area contributed by atoms with Gasteiger partial charge >= 0.3 is 0 Å². The van der Waals surface area contributed by atoms with Gasteiger partial charge in [-0.15, -0.1) is 0 Å². The topological polar surface area (TPSA) is 18.5 Å². The molecule has 2 aromatic carbocycles. The van der Waals surface area contributed by atoms with E-state index >= 15 is 0 Å².